The van der Waals surface area contributed by atoms with Crippen LogP contribution in [0, 0.1) is 0 Å². The molecule has 0 amide bonds. The van der Waals surface area contributed by atoms with Crippen LogP contribution in [0.3, 0.4) is 0 Å². The zero-order chi connectivity index (χ0) is 22.2. The highest BCUT2D eigenvalue weighted by molar-refractivity contribution is 6.28. The number of benzene rings is 5. The van der Waals surface area contributed by atoms with Gasteiger partial charge in [-0.3, -0.25) is 0 Å². The number of fused-ring (bicyclic) bond motifs is 2. The number of rotatable bonds is 3. The van der Waals surface area contributed by atoms with Crippen molar-refractivity contribution in [3.05, 3.63) is 114 Å². The Labute approximate surface area is 196 Å². The van der Waals surface area contributed by atoms with Crippen LogP contribution in [-0.2, 0) is 0 Å². The Kier molecular flexibility index (Phi) is 4.82. The maximum Gasteiger partial charge on any atom is 0.226 e. The van der Waals surface area contributed by atoms with Gasteiger partial charge in [-0.25, -0.2) is 4.98 Å². The largest absolute Gasteiger partial charge is 0.226 e. The van der Waals surface area contributed by atoms with Gasteiger partial charge in [-0.2, -0.15) is 9.97 Å². The Morgan fingerprint density at radius 3 is 1.97 bits per heavy atom. The molecule has 4 heteroatoms. The maximum absolute atomic E-state index is 6.40. The van der Waals surface area contributed by atoms with Gasteiger partial charge < -0.3 is 0 Å². The zero-order valence-electron chi connectivity index (χ0n) is 17.6. The zero-order valence-corrected chi connectivity index (χ0v) is 18.4. The fourth-order valence-electron chi connectivity index (χ4n) is 4.30. The standard InChI is InChI=1S/C29H18ClN3/c30-29-32-27(22-17-16-19-8-1-2-10-21(19)18-22)31-28(33-29)26-14-6-5-13-25(26)24-15-7-11-20-9-3-4-12-23(20)24/h1-18H. The van der Waals surface area contributed by atoms with Gasteiger partial charge >= 0.3 is 0 Å². The molecule has 3 nitrogen and oxygen atoms in total. The third kappa shape index (κ3) is 3.63. The lowest BCUT2D eigenvalue weighted by Gasteiger charge is -2.12. The highest BCUT2D eigenvalue weighted by atomic mass is 35.5. The summed E-state index contributed by atoms with van der Waals surface area (Å²) >= 11 is 6.40. The van der Waals surface area contributed by atoms with E-state index < -0.39 is 0 Å². The minimum Gasteiger partial charge on any atom is -0.208 e. The number of hydrogen-bond acceptors (Lipinski definition) is 3. The first kappa shape index (κ1) is 19.6. The molecule has 0 saturated carbocycles. The van der Waals surface area contributed by atoms with Crippen LogP contribution in [0.2, 0.25) is 5.28 Å². The number of halogens is 1. The van der Waals surface area contributed by atoms with Gasteiger partial charge in [0.2, 0.25) is 5.28 Å². The fourth-order valence-corrected chi connectivity index (χ4v) is 4.46. The summed E-state index contributed by atoms with van der Waals surface area (Å²) in [6.45, 7) is 0. The molecule has 1 heterocycles. The van der Waals surface area contributed by atoms with Gasteiger partial charge in [-0.15, -0.1) is 0 Å². The molecule has 0 fully saturated rings. The lowest BCUT2D eigenvalue weighted by molar-refractivity contribution is 1.07. The van der Waals surface area contributed by atoms with Crippen molar-refractivity contribution in [2.75, 3.05) is 0 Å². The van der Waals surface area contributed by atoms with Gasteiger partial charge in [0.25, 0.3) is 0 Å². The van der Waals surface area contributed by atoms with Gasteiger partial charge in [0, 0.05) is 11.1 Å². The van der Waals surface area contributed by atoms with E-state index in [2.05, 4.69) is 82.8 Å². The molecular weight excluding hydrogens is 426 g/mol. The second-order valence-electron chi connectivity index (χ2n) is 7.89. The smallest absolute Gasteiger partial charge is 0.208 e. The quantitative estimate of drug-likeness (QED) is 0.279. The molecule has 6 rings (SSSR count). The molecule has 0 atom stereocenters. The van der Waals surface area contributed by atoms with Crippen molar-refractivity contribution in [2.24, 2.45) is 0 Å². The minimum atomic E-state index is 0.177. The van der Waals surface area contributed by atoms with Gasteiger partial charge in [-0.1, -0.05) is 103 Å². The van der Waals surface area contributed by atoms with E-state index in [1.165, 1.54) is 16.2 Å². The highest BCUT2D eigenvalue weighted by Crippen LogP contribution is 2.35. The molecule has 0 aliphatic heterocycles. The van der Waals surface area contributed by atoms with E-state index in [4.69, 9.17) is 16.6 Å². The predicted octanol–water partition coefficient (Wildman–Crippen LogP) is 7.83. The van der Waals surface area contributed by atoms with Crippen LogP contribution < -0.4 is 0 Å². The second kappa shape index (κ2) is 8.12. The first-order valence-corrected chi connectivity index (χ1v) is 11.1. The monoisotopic (exact) mass is 443 g/mol. The average molecular weight is 444 g/mol. The summed E-state index contributed by atoms with van der Waals surface area (Å²) in [5.41, 5.74) is 4.01. The summed E-state index contributed by atoms with van der Waals surface area (Å²) in [5.74, 6) is 1.12. The van der Waals surface area contributed by atoms with E-state index in [1.54, 1.807) is 0 Å². The molecular formula is C29H18ClN3. The molecule has 156 valence electrons. The highest BCUT2D eigenvalue weighted by Gasteiger charge is 2.15. The minimum absolute atomic E-state index is 0.177. The van der Waals surface area contributed by atoms with Crippen LogP contribution in [0.5, 0.6) is 0 Å². The summed E-state index contributed by atoms with van der Waals surface area (Å²) in [5, 5.41) is 4.85. The molecule has 0 saturated heterocycles. The van der Waals surface area contributed by atoms with Gasteiger partial charge in [0.05, 0.1) is 0 Å². The first-order chi connectivity index (χ1) is 16.3. The summed E-state index contributed by atoms with van der Waals surface area (Å²) in [7, 11) is 0. The average Bonchev–Trinajstić information content (AvgIpc) is 2.88. The first-order valence-electron chi connectivity index (χ1n) is 10.7. The molecule has 0 spiro atoms. The Morgan fingerprint density at radius 2 is 1.09 bits per heavy atom. The van der Waals surface area contributed by atoms with Gasteiger partial charge in [0.1, 0.15) is 0 Å². The Balaban J connectivity index is 1.53. The third-order valence-corrected chi connectivity index (χ3v) is 6.03. The summed E-state index contributed by atoms with van der Waals surface area (Å²) in [4.78, 5) is 13.8. The maximum atomic E-state index is 6.40. The Hall–Kier alpha value is -4.08. The van der Waals surface area contributed by atoms with E-state index in [1.807, 2.05) is 36.4 Å². The molecule has 5 aromatic carbocycles. The van der Waals surface area contributed by atoms with Gasteiger partial charge in [-0.05, 0) is 50.3 Å². The fraction of sp³-hybridized carbons (Fsp3) is 0. The van der Waals surface area contributed by atoms with Crippen molar-refractivity contribution >= 4 is 33.1 Å². The van der Waals surface area contributed by atoms with Crippen LogP contribution in [0.4, 0.5) is 0 Å². The van der Waals surface area contributed by atoms with E-state index in [9.17, 15) is 0 Å². The van der Waals surface area contributed by atoms with Crippen LogP contribution in [0.25, 0.3) is 55.4 Å². The van der Waals surface area contributed by atoms with Crippen molar-refractivity contribution in [3.63, 3.8) is 0 Å². The van der Waals surface area contributed by atoms with Crippen LogP contribution >= 0.6 is 11.6 Å². The second-order valence-corrected chi connectivity index (χ2v) is 8.22. The normalized spacial score (nSPS) is 11.2. The number of nitrogens with zero attached hydrogens (tertiary/aromatic N) is 3. The summed E-state index contributed by atoms with van der Waals surface area (Å²) in [6.07, 6.45) is 0. The molecule has 0 N–H and O–H groups in total. The number of aromatic nitrogens is 3. The molecule has 0 unspecified atom stereocenters. The van der Waals surface area contributed by atoms with Crippen molar-refractivity contribution in [2.45, 2.75) is 0 Å². The van der Waals surface area contributed by atoms with Gasteiger partial charge in [0.15, 0.2) is 11.6 Å². The number of hydrogen-bond donors (Lipinski definition) is 0. The molecule has 0 bridgehead atoms. The third-order valence-electron chi connectivity index (χ3n) is 5.86. The van der Waals surface area contributed by atoms with Crippen LogP contribution in [0.15, 0.2) is 109 Å². The Morgan fingerprint density at radius 1 is 0.455 bits per heavy atom. The molecule has 0 aliphatic carbocycles. The molecule has 0 aliphatic rings. The van der Waals surface area contributed by atoms with Crippen LogP contribution in [-0.4, -0.2) is 15.0 Å². The van der Waals surface area contributed by atoms with Crippen LogP contribution in [0.1, 0.15) is 0 Å². The summed E-state index contributed by atoms with van der Waals surface area (Å²) < 4.78 is 0. The van der Waals surface area contributed by atoms with Crippen molar-refractivity contribution < 1.29 is 0 Å². The predicted molar refractivity (Wildman–Crippen MR) is 136 cm³/mol. The Bertz CT molecular complexity index is 1640. The van der Waals surface area contributed by atoms with E-state index in [-0.39, 0.29) is 5.28 Å². The summed E-state index contributed by atoms with van der Waals surface area (Å²) in [6, 6.07) is 37.3. The molecule has 0 radical (unpaired) electrons. The van der Waals surface area contributed by atoms with Crippen molar-refractivity contribution in [1.29, 1.82) is 0 Å². The van der Waals surface area contributed by atoms with Crippen molar-refractivity contribution in [1.82, 2.24) is 15.0 Å². The SMILES string of the molecule is Clc1nc(-c2ccc3ccccc3c2)nc(-c2ccccc2-c2cccc3ccccc23)n1. The molecule has 1 aromatic heterocycles. The molecule has 33 heavy (non-hydrogen) atoms. The lowest BCUT2D eigenvalue weighted by Crippen LogP contribution is -1.98. The topological polar surface area (TPSA) is 38.7 Å². The molecule has 6 aromatic rings. The lowest BCUT2D eigenvalue weighted by atomic mass is 9.94. The van der Waals surface area contributed by atoms with Crippen molar-refractivity contribution in [3.8, 4) is 33.9 Å². The van der Waals surface area contributed by atoms with E-state index >= 15 is 0 Å². The van der Waals surface area contributed by atoms with E-state index in [0.29, 0.717) is 11.6 Å². The van der Waals surface area contributed by atoms with E-state index in [0.717, 1.165) is 27.6 Å².